The molecule has 26 heavy (non-hydrogen) atoms. The summed E-state index contributed by atoms with van der Waals surface area (Å²) >= 11 is 1.71. The van der Waals surface area contributed by atoms with Crippen LogP contribution in [0.4, 0.5) is 4.39 Å². The number of likely N-dealkylation sites (tertiary alicyclic amines) is 1. The highest BCUT2D eigenvalue weighted by Gasteiger charge is 2.27. The number of piperidine rings is 1. The average Bonchev–Trinajstić information content (AvgIpc) is 3.12. The Labute approximate surface area is 155 Å². The predicted octanol–water partition coefficient (Wildman–Crippen LogP) is 4.22. The molecule has 3 aromatic rings. The summed E-state index contributed by atoms with van der Waals surface area (Å²) in [5, 5.41) is 1.10. The minimum atomic E-state index is -0.321. The third-order valence-electron chi connectivity index (χ3n) is 4.61. The highest BCUT2D eigenvalue weighted by Crippen LogP contribution is 2.33. The Balaban J connectivity index is 1.39. The first-order valence-corrected chi connectivity index (χ1v) is 9.52. The molecule has 0 spiro atoms. The number of fused-ring (bicyclic) bond motifs is 1. The molecule has 2 heterocycles. The summed E-state index contributed by atoms with van der Waals surface area (Å²) in [5.74, 6) is 0.411. The molecule has 4 rings (SSSR count). The fraction of sp³-hybridized carbons (Fsp3) is 0.300. The van der Waals surface area contributed by atoms with Crippen molar-refractivity contribution >= 4 is 27.5 Å². The standard InChI is InChI=1S/C20H19FN2O2S/c21-15-7-9-16(10-8-15)25-13-19(24)23-11-3-4-14(12-23)20-22-17-5-1-2-6-18(17)26-20/h1-2,5-10,14H,3-4,11-13H2/t14-/m1/s1. The third-order valence-corrected chi connectivity index (χ3v) is 5.81. The fourth-order valence-electron chi connectivity index (χ4n) is 3.24. The molecule has 2 aromatic carbocycles. The number of halogens is 1. The van der Waals surface area contributed by atoms with Crippen LogP contribution in [-0.2, 0) is 4.79 Å². The number of ether oxygens (including phenoxy) is 1. The van der Waals surface area contributed by atoms with Gasteiger partial charge in [0.15, 0.2) is 6.61 Å². The summed E-state index contributed by atoms with van der Waals surface area (Å²) < 4.78 is 19.6. The SMILES string of the molecule is O=C(COc1ccc(F)cc1)N1CCC[C@@H](c2nc3ccccc3s2)C1. The Morgan fingerprint density at radius 1 is 1.23 bits per heavy atom. The van der Waals surface area contributed by atoms with E-state index in [1.807, 2.05) is 23.1 Å². The number of para-hydroxylation sites is 1. The molecule has 0 N–H and O–H groups in total. The van der Waals surface area contributed by atoms with Crippen LogP contribution in [0.1, 0.15) is 23.8 Å². The van der Waals surface area contributed by atoms with Crippen molar-refractivity contribution in [1.29, 1.82) is 0 Å². The first-order valence-electron chi connectivity index (χ1n) is 8.70. The summed E-state index contributed by atoms with van der Waals surface area (Å²) in [6.07, 6.45) is 2.01. The highest BCUT2D eigenvalue weighted by molar-refractivity contribution is 7.18. The zero-order valence-corrected chi connectivity index (χ0v) is 15.0. The second kappa shape index (κ2) is 7.41. The summed E-state index contributed by atoms with van der Waals surface area (Å²) in [5.41, 5.74) is 1.02. The zero-order valence-electron chi connectivity index (χ0n) is 14.2. The minimum Gasteiger partial charge on any atom is -0.484 e. The molecule has 0 unspecified atom stereocenters. The van der Waals surface area contributed by atoms with Gasteiger partial charge in [-0.1, -0.05) is 12.1 Å². The summed E-state index contributed by atoms with van der Waals surface area (Å²) in [6.45, 7) is 1.39. The first-order chi connectivity index (χ1) is 12.7. The van der Waals surface area contributed by atoms with Gasteiger partial charge < -0.3 is 9.64 Å². The van der Waals surface area contributed by atoms with Gasteiger partial charge in [-0.05, 0) is 49.2 Å². The van der Waals surface area contributed by atoms with Gasteiger partial charge in [-0.25, -0.2) is 9.37 Å². The van der Waals surface area contributed by atoms with E-state index < -0.39 is 0 Å². The van der Waals surface area contributed by atoms with Crippen molar-refractivity contribution < 1.29 is 13.9 Å². The van der Waals surface area contributed by atoms with E-state index in [2.05, 4.69) is 6.07 Å². The minimum absolute atomic E-state index is 0.0296. The van der Waals surface area contributed by atoms with Crippen molar-refractivity contribution in [3.8, 4) is 5.75 Å². The molecule has 0 bridgehead atoms. The molecule has 6 heteroatoms. The smallest absolute Gasteiger partial charge is 0.260 e. The molecule has 1 aromatic heterocycles. The molecule has 0 radical (unpaired) electrons. The van der Waals surface area contributed by atoms with Gasteiger partial charge in [0, 0.05) is 19.0 Å². The number of rotatable bonds is 4. The fourth-order valence-corrected chi connectivity index (χ4v) is 4.33. The maximum absolute atomic E-state index is 12.9. The molecule has 1 amide bonds. The Kier molecular flexibility index (Phi) is 4.84. The molecule has 134 valence electrons. The number of carbonyl (C=O) groups is 1. The Bertz CT molecular complexity index is 877. The van der Waals surface area contributed by atoms with E-state index in [1.165, 1.54) is 29.0 Å². The van der Waals surface area contributed by atoms with Crippen LogP contribution in [-0.4, -0.2) is 35.5 Å². The molecule has 1 atom stereocenters. The van der Waals surface area contributed by atoms with Crippen molar-refractivity contribution in [2.45, 2.75) is 18.8 Å². The van der Waals surface area contributed by atoms with E-state index in [-0.39, 0.29) is 24.2 Å². The van der Waals surface area contributed by atoms with Gasteiger partial charge >= 0.3 is 0 Å². The Morgan fingerprint density at radius 3 is 2.85 bits per heavy atom. The lowest BCUT2D eigenvalue weighted by molar-refractivity contribution is -0.134. The summed E-state index contributed by atoms with van der Waals surface area (Å²) in [4.78, 5) is 19.1. The van der Waals surface area contributed by atoms with E-state index in [4.69, 9.17) is 9.72 Å². The molecule has 1 saturated heterocycles. The molecule has 1 aliphatic rings. The predicted molar refractivity (Wildman–Crippen MR) is 100 cm³/mol. The van der Waals surface area contributed by atoms with Gasteiger partial charge in [-0.2, -0.15) is 0 Å². The van der Waals surface area contributed by atoms with E-state index in [0.717, 1.165) is 29.9 Å². The molecule has 1 fully saturated rings. The van der Waals surface area contributed by atoms with Crippen LogP contribution >= 0.6 is 11.3 Å². The second-order valence-electron chi connectivity index (χ2n) is 6.44. The second-order valence-corrected chi connectivity index (χ2v) is 7.50. The van der Waals surface area contributed by atoms with Crippen molar-refractivity contribution in [2.24, 2.45) is 0 Å². The van der Waals surface area contributed by atoms with E-state index in [0.29, 0.717) is 12.3 Å². The number of hydrogen-bond acceptors (Lipinski definition) is 4. The van der Waals surface area contributed by atoms with Crippen LogP contribution in [0.3, 0.4) is 0 Å². The highest BCUT2D eigenvalue weighted by atomic mass is 32.1. The number of carbonyl (C=O) groups excluding carboxylic acids is 1. The van der Waals surface area contributed by atoms with Gasteiger partial charge in [0.1, 0.15) is 11.6 Å². The lowest BCUT2D eigenvalue weighted by Crippen LogP contribution is -2.41. The third kappa shape index (κ3) is 3.70. The Morgan fingerprint density at radius 2 is 2.04 bits per heavy atom. The van der Waals surface area contributed by atoms with Crippen LogP contribution < -0.4 is 4.74 Å². The number of thiazole rings is 1. The largest absolute Gasteiger partial charge is 0.484 e. The van der Waals surface area contributed by atoms with Crippen LogP contribution in [0.5, 0.6) is 5.75 Å². The lowest BCUT2D eigenvalue weighted by Gasteiger charge is -2.31. The Hall–Kier alpha value is -2.47. The monoisotopic (exact) mass is 370 g/mol. The maximum atomic E-state index is 12.9. The van der Waals surface area contributed by atoms with Gasteiger partial charge in [-0.15, -0.1) is 11.3 Å². The van der Waals surface area contributed by atoms with Crippen LogP contribution in [0.2, 0.25) is 0 Å². The van der Waals surface area contributed by atoms with Gasteiger partial charge in [0.2, 0.25) is 0 Å². The van der Waals surface area contributed by atoms with Crippen molar-refractivity contribution in [3.05, 3.63) is 59.4 Å². The van der Waals surface area contributed by atoms with E-state index in [9.17, 15) is 9.18 Å². The molecule has 0 aliphatic carbocycles. The number of benzene rings is 2. The summed E-state index contributed by atoms with van der Waals surface area (Å²) in [7, 11) is 0. The van der Waals surface area contributed by atoms with E-state index in [1.54, 1.807) is 11.3 Å². The number of hydrogen-bond donors (Lipinski definition) is 0. The number of nitrogens with zero attached hydrogens (tertiary/aromatic N) is 2. The molecule has 1 aliphatic heterocycles. The van der Waals surface area contributed by atoms with Crippen molar-refractivity contribution in [3.63, 3.8) is 0 Å². The number of amides is 1. The molecular weight excluding hydrogens is 351 g/mol. The molecule has 0 saturated carbocycles. The van der Waals surface area contributed by atoms with Crippen LogP contribution in [0, 0.1) is 5.82 Å². The summed E-state index contributed by atoms with van der Waals surface area (Å²) in [6, 6.07) is 13.8. The zero-order chi connectivity index (χ0) is 17.9. The van der Waals surface area contributed by atoms with Gasteiger partial charge in [0.25, 0.3) is 5.91 Å². The quantitative estimate of drug-likeness (QED) is 0.691. The molecular formula is C20H19FN2O2S. The maximum Gasteiger partial charge on any atom is 0.260 e. The van der Waals surface area contributed by atoms with Crippen LogP contribution in [0.15, 0.2) is 48.5 Å². The van der Waals surface area contributed by atoms with Crippen molar-refractivity contribution in [2.75, 3.05) is 19.7 Å². The topological polar surface area (TPSA) is 42.4 Å². The van der Waals surface area contributed by atoms with Crippen molar-refractivity contribution in [1.82, 2.24) is 9.88 Å². The van der Waals surface area contributed by atoms with Gasteiger partial charge in [0.05, 0.1) is 15.2 Å². The molecule has 4 nitrogen and oxygen atoms in total. The average molecular weight is 370 g/mol. The first kappa shape index (κ1) is 17.0. The lowest BCUT2D eigenvalue weighted by atomic mass is 9.99. The van der Waals surface area contributed by atoms with Gasteiger partial charge in [-0.3, -0.25) is 4.79 Å². The normalized spacial score (nSPS) is 17.4. The van der Waals surface area contributed by atoms with E-state index >= 15 is 0 Å². The number of aromatic nitrogens is 1. The van der Waals surface area contributed by atoms with Crippen LogP contribution in [0.25, 0.3) is 10.2 Å².